The number of ether oxygens (including phenoxy) is 2. The normalized spacial score (nSPS) is 20.3. The molecule has 11 heteroatoms. The Labute approximate surface area is 201 Å². The van der Waals surface area contributed by atoms with Gasteiger partial charge >= 0.3 is 6.09 Å². The zero-order valence-electron chi connectivity index (χ0n) is 19.7. The van der Waals surface area contributed by atoms with E-state index in [2.05, 4.69) is 15.6 Å². The van der Waals surface area contributed by atoms with E-state index in [-0.39, 0.29) is 42.7 Å². The molecule has 1 aromatic heterocycles. The van der Waals surface area contributed by atoms with Crippen LogP contribution in [0.3, 0.4) is 0 Å². The number of halogens is 1. The van der Waals surface area contributed by atoms with Crippen LogP contribution in [0.15, 0.2) is 24.3 Å². The van der Waals surface area contributed by atoms with Crippen molar-refractivity contribution in [2.24, 2.45) is 0 Å². The Balaban J connectivity index is 1.20. The van der Waals surface area contributed by atoms with Gasteiger partial charge in [0.15, 0.2) is 18.2 Å². The summed E-state index contributed by atoms with van der Waals surface area (Å²) < 4.78 is 25.4. The van der Waals surface area contributed by atoms with Gasteiger partial charge in [0.2, 0.25) is 5.91 Å². The summed E-state index contributed by atoms with van der Waals surface area (Å²) in [4.78, 5) is 43.8. The third-order valence-electron chi connectivity index (χ3n) is 6.63. The lowest BCUT2D eigenvalue weighted by atomic mass is 9.85. The van der Waals surface area contributed by atoms with E-state index < -0.39 is 11.5 Å². The highest BCUT2D eigenvalue weighted by Crippen LogP contribution is 2.43. The van der Waals surface area contributed by atoms with Gasteiger partial charge in [0.1, 0.15) is 17.7 Å². The Kier molecular flexibility index (Phi) is 5.59. The number of cyclic esters (lactones) is 1. The molecule has 1 unspecified atom stereocenters. The molecule has 4 heterocycles. The highest BCUT2D eigenvalue weighted by Gasteiger charge is 2.44. The van der Waals surface area contributed by atoms with Gasteiger partial charge in [-0.2, -0.15) is 0 Å². The standard InChI is InChI=1S/C24H26FN5O5/c1-24(2)15-4-5-16(25)14(20(15)29(3)22(24)32)10-26-9-8-13-11-30(23(33)35-13)18-7-6-17-21(27-18)28-19(31)12-34-17/h4-7,13,26H,8-12H2,1-3H3,(H,27,28,31). The van der Waals surface area contributed by atoms with Gasteiger partial charge in [-0.05, 0) is 50.6 Å². The number of benzene rings is 1. The maximum atomic E-state index is 14.7. The number of amides is 3. The van der Waals surface area contributed by atoms with E-state index in [9.17, 15) is 18.8 Å². The lowest BCUT2D eigenvalue weighted by Gasteiger charge is -2.19. The molecule has 1 aromatic carbocycles. The smallest absolute Gasteiger partial charge is 0.415 e. The molecule has 1 saturated heterocycles. The van der Waals surface area contributed by atoms with Crippen molar-refractivity contribution in [3.8, 4) is 5.75 Å². The number of fused-ring (bicyclic) bond motifs is 2. The lowest BCUT2D eigenvalue weighted by Crippen LogP contribution is -2.33. The molecule has 0 aliphatic carbocycles. The first-order chi connectivity index (χ1) is 16.7. The second kappa shape index (κ2) is 8.49. The number of likely N-dealkylation sites (N-methyl/N-ethyl adjacent to an activating group) is 1. The number of pyridine rings is 1. The first-order valence-corrected chi connectivity index (χ1v) is 11.4. The first-order valence-electron chi connectivity index (χ1n) is 11.4. The molecule has 0 bridgehead atoms. The van der Waals surface area contributed by atoms with Crippen LogP contribution in [0.5, 0.6) is 5.75 Å². The SMILES string of the molecule is CN1C(=O)C(C)(C)c2ccc(F)c(CNCCC3CN(c4ccc5c(n4)NC(=O)CO5)C(=O)O3)c21. The predicted octanol–water partition coefficient (Wildman–Crippen LogP) is 2.31. The quantitative estimate of drug-likeness (QED) is 0.607. The van der Waals surface area contributed by atoms with E-state index in [1.165, 1.54) is 15.9 Å². The molecule has 10 nitrogen and oxygen atoms in total. The summed E-state index contributed by atoms with van der Waals surface area (Å²) in [7, 11) is 1.66. The minimum Gasteiger partial charge on any atom is -0.480 e. The number of anilines is 3. The fraction of sp³-hybridized carbons (Fsp3) is 0.417. The van der Waals surface area contributed by atoms with Gasteiger partial charge in [0.25, 0.3) is 5.91 Å². The monoisotopic (exact) mass is 483 g/mol. The maximum Gasteiger partial charge on any atom is 0.415 e. The van der Waals surface area contributed by atoms with Crippen LogP contribution in [-0.4, -0.2) is 55.7 Å². The van der Waals surface area contributed by atoms with Crippen molar-refractivity contribution in [3.63, 3.8) is 0 Å². The molecule has 2 aromatic rings. The Morgan fingerprint density at radius 2 is 2.03 bits per heavy atom. The summed E-state index contributed by atoms with van der Waals surface area (Å²) in [6.45, 7) is 4.60. The highest BCUT2D eigenvalue weighted by atomic mass is 19.1. The number of nitrogens with one attached hydrogen (secondary N) is 2. The number of hydrogen-bond acceptors (Lipinski definition) is 7. The van der Waals surface area contributed by atoms with Gasteiger partial charge in [-0.15, -0.1) is 0 Å². The van der Waals surface area contributed by atoms with E-state index in [0.717, 1.165) is 5.56 Å². The number of nitrogens with zero attached hydrogens (tertiary/aromatic N) is 3. The average molecular weight is 484 g/mol. The van der Waals surface area contributed by atoms with Crippen molar-refractivity contribution in [2.75, 3.05) is 41.9 Å². The van der Waals surface area contributed by atoms with Gasteiger partial charge in [-0.1, -0.05) is 6.07 Å². The molecule has 5 rings (SSSR count). The number of rotatable bonds is 6. The largest absolute Gasteiger partial charge is 0.480 e. The summed E-state index contributed by atoms with van der Waals surface area (Å²) in [5.74, 6) is 0.306. The minimum absolute atomic E-state index is 0.0702. The van der Waals surface area contributed by atoms with E-state index in [0.29, 0.717) is 42.3 Å². The second-order valence-corrected chi connectivity index (χ2v) is 9.35. The van der Waals surface area contributed by atoms with Crippen molar-refractivity contribution in [1.82, 2.24) is 10.3 Å². The van der Waals surface area contributed by atoms with Crippen molar-refractivity contribution in [3.05, 3.63) is 41.2 Å². The summed E-state index contributed by atoms with van der Waals surface area (Å²) in [6, 6.07) is 6.36. The first kappa shape index (κ1) is 23.0. The van der Waals surface area contributed by atoms with E-state index in [1.807, 2.05) is 13.8 Å². The summed E-state index contributed by atoms with van der Waals surface area (Å²) in [6.07, 6.45) is -0.405. The molecule has 2 N–H and O–H groups in total. The molecular formula is C24H26FN5O5. The molecule has 184 valence electrons. The molecule has 1 fully saturated rings. The zero-order valence-corrected chi connectivity index (χ0v) is 19.7. The molecule has 0 radical (unpaired) electrons. The average Bonchev–Trinajstić information content (AvgIpc) is 3.28. The van der Waals surface area contributed by atoms with Crippen molar-refractivity contribution in [2.45, 2.75) is 38.3 Å². The molecule has 0 spiro atoms. The molecule has 35 heavy (non-hydrogen) atoms. The maximum absolute atomic E-state index is 14.7. The van der Waals surface area contributed by atoms with Crippen LogP contribution in [0.2, 0.25) is 0 Å². The third-order valence-corrected chi connectivity index (χ3v) is 6.63. The van der Waals surface area contributed by atoms with Crippen LogP contribution in [0.25, 0.3) is 0 Å². The molecule has 0 saturated carbocycles. The summed E-state index contributed by atoms with van der Waals surface area (Å²) >= 11 is 0. The van der Waals surface area contributed by atoms with Crippen LogP contribution in [-0.2, 0) is 26.3 Å². The second-order valence-electron chi connectivity index (χ2n) is 9.35. The summed E-state index contributed by atoms with van der Waals surface area (Å²) in [5.41, 5.74) is 1.16. The van der Waals surface area contributed by atoms with Gasteiger partial charge in [-0.25, -0.2) is 14.2 Å². The van der Waals surface area contributed by atoms with Crippen molar-refractivity contribution in [1.29, 1.82) is 0 Å². The van der Waals surface area contributed by atoms with Crippen LogP contribution >= 0.6 is 0 Å². The molecule has 1 atom stereocenters. The topological polar surface area (TPSA) is 113 Å². The highest BCUT2D eigenvalue weighted by molar-refractivity contribution is 6.08. The van der Waals surface area contributed by atoms with Gasteiger partial charge in [0.05, 0.1) is 17.6 Å². The van der Waals surface area contributed by atoms with E-state index in [1.54, 1.807) is 25.2 Å². The molecular weight excluding hydrogens is 457 g/mol. The molecule has 3 aliphatic rings. The number of aromatic nitrogens is 1. The third kappa shape index (κ3) is 3.95. The van der Waals surface area contributed by atoms with Gasteiger partial charge in [0, 0.05) is 19.2 Å². The Hall–Kier alpha value is -3.73. The Morgan fingerprint density at radius 1 is 1.23 bits per heavy atom. The fourth-order valence-corrected chi connectivity index (χ4v) is 4.74. The van der Waals surface area contributed by atoms with Gasteiger partial charge < -0.3 is 25.0 Å². The summed E-state index contributed by atoms with van der Waals surface area (Å²) in [5, 5.41) is 5.83. The van der Waals surface area contributed by atoms with Crippen molar-refractivity contribution < 1.29 is 28.2 Å². The molecule has 3 aliphatic heterocycles. The van der Waals surface area contributed by atoms with Crippen LogP contribution < -0.4 is 25.2 Å². The predicted molar refractivity (Wildman–Crippen MR) is 125 cm³/mol. The van der Waals surface area contributed by atoms with E-state index >= 15 is 0 Å². The van der Waals surface area contributed by atoms with Crippen LogP contribution in [0, 0.1) is 5.82 Å². The number of carbonyl (C=O) groups is 3. The van der Waals surface area contributed by atoms with Crippen LogP contribution in [0.1, 0.15) is 31.4 Å². The Bertz CT molecular complexity index is 1230. The number of carbonyl (C=O) groups excluding carboxylic acids is 3. The molecule has 3 amide bonds. The fourth-order valence-electron chi connectivity index (χ4n) is 4.74. The zero-order chi connectivity index (χ0) is 24.9. The Morgan fingerprint density at radius 3 is 2.83 bits per heavy atom. The van der Waals surface area contributed by atoms with E-state index in [4.69, 9.17) is 9.47 Å². The number of hydrogen-bond donors (Lipinski definition) is 2. The van der Waals surface area contributed by atoms with Crippen molar-refractivity contribution >= 4 is 35.2 Å². The minimum atomic E-state index is -0.701. The van der Waals surface area contributed by atoms with Gasteiger partial charge in [-0.3, -0.25) is 14.5 Å². The lowest BCUT2D eigenvalue weighted by molar-refractivity contribution is -0.121. The van der Waals surface area contributed by atoms with Crippen LogP contribution in [0.4, 0.5) is 26.5 Å².